The molecule has 1 saturated carbocycles. The van der Waals surface area contributed by atoms with Crippen LogP contribution in [0, 0.1) is 5.82 Å². The van der Waals surface area contributed by atoms with Gasteiger partial charge in [-0.1, -0.05) is 18.9 Å². The summed E-state index contributed by atoms with van der Waals surface area (Å²) in [6.07, 6.45) is 5.74. The maximum absolute atomic E-state index is 14.1. The van der Waals surface area contributed by atoms with Crippen molar-refractivity contribution in [2.75, 3.05) is 14.2 Å². The van der Waals surface area contributed by atoms with E-state index in [0.29, 0.717) is 17.7 Å². The van der Waals surface area contributed by atoms with E-state index in [1.165, 1.54) is 25.3 Å². The maximum Gasteiger partial charge on any atom is 0.130 e. The Kier molecular flexibility index (Phi) is 4.59. The summed E-state index contributed by atoms with van der Waals surface area (Å²) in [6.45, 7) is 0. The molecule has 1 N–H and O–H groups in total. The van der Waals surface area contributed by atoms with Gasteiger partial charge in [0.1, 0.15) is 11.6 Å². The van der Waals surface area contributed by atoms with Crippen molar-refractivity contribution < 1.29 is 9.13 Å². The Bertz CT molecular complexity index is 394. The number of ether oxygens (including phenoxy) is 1. The second-order valence-electron chi connectivity index (χ2n) is 5.09. The summed E-state index contributed by atoms with van der Waals surface area (Å²) in [5.41, 5.74) is 0.845. The average Bonchev–Trinajstić information content (AvgIpc) is 2.63. The summed E-state index contributed by atoms with van der Waals surface area (Å²) in [7, 11) is 3.56. The minimum atomic E-state index is -0.129. The Labute approximate surface area is 109 Å². The van der Waals surface area contributed by atoms with Crippen LogP contribution in [0.5, 0.6) is 5.75 Å². The topological polar surface area (TPSA) is 21.3 Å². The van der Waals surface area contributed by atoms with Crippen molar-refractivity contribution in [3.8, 4) is 5.75 Å². The molecule has 1 fully saturated rings. The van der Waals surface area contributed by atoms with E-state index in [9.17, 15) is 4.39 Å². The predicted octanol–water partition coefficient (Wildman–Crippen LogP) is 3.47. The molecule has 2 unspecified atom stereocenters. The third kappa shape index (κ3) is 3.02. The van der Waals surface area contributed by atoms with E-state index in [1.807, 2.05) is 19.2 Å². The van der Waals surface area contributed by atoms with Crippen LogP contribution in [0.15, 0.2) is 18.2 Å². The second kappa shape index (κ2) is 6.19. The molecule has 0 radical (unpaired) electrons. The van der Waals surface area contributed by atoms with Gasteiger partial charge in [0.25, 0.3) is 0 Å². The number of hydrogen-bond donors (Lipinski definition) is 1. The first kappa shape index (κ1) is 13.3. The van der Waals surface area contributed by atoms with Crippen molar-refractivity contribution in [2.24, 2.45) is 0 Å². The van der Waals surface area contributed by atoms with Crippen LogP contribution in [-0.4, -0.2) is 20.2 Å². The quantitative estimate of drug-likeness (QED) is 0.831. The van der Waals surface area contributed by atoms with E-state index in [-0.39, 0.29) is 5.82 Å². The molecule has 0 amide bonds. The van der Waals surface area contributed by atoms with E-state index in [2.05, 4.69) is 5.32 Å². The fraction of sp³-hybridized carbons (Fsp3) is 0.600. The van der Waals surface area contributed by atoms with Gasteiger partial charge < -0.3 is 10.1 Å². The fourth-order valence-electron chi connectivity index (χ4n) is 2.87. The molecule has 0 aliphatic heterocycles. The van der Waals surface area contributed by atoms with Gasteiger partial charge in [-0.05, 0) is 43.9 Å². The van der Waals surface area contributed by atoms with Crippen LogP contribution in [0.3, 0.4) is 0 Å². The molecule has 0 aromatic heterocycles. The molecule has 1 aromatic rings. The van der Waals surface area contributed by atoms with Crippen molar-refractivity contribution in [2.45, 2.75) is 44.1 Å². The Balaban J connectivity index is 2.18. The molecule has 3 heteroatoms. The first-order chi connectivity index (χ1) is 8.74. The van der Waals surface area contributed by atoms with E-state index >= 15 is 0 Å². The highest BCUT2D eigenvalue weighted by Crippen LogP contribution is 2.34. The zero-order chi connectivity index (χ0) is 13.0. The fourth-order valence-corrected chi connectivity index (χ4v) is 2.87. The lowest BCUT2D eigenvalue weighted by molar-refractivity contribution is 0.408. The van der Waals surface area contributed by atoms with Crippen LogP contribution < -0.4 is 10.1 Å². The standard InChI is InChI=1S/C15H22FNO/c1-17-12-6-4-3-5-11(9-12)14-8-7-13(18-2)10-15(14)16/h7-8,10-12,17H,3-6,9H2,1-2H3. The Morgan fingerprint density at radius 3 is 2.72 bits per heavy atom. The molecule has 1 aliphatic carbocycles. The summed E-state index contributed by atoms with van der Waals surface area (Å²) in [4.78, 5) is 0. The van der Waals surface area contributed by atoms with Crippen molar-refractivity contribution >= 4 is 0 Å². The van der Waals surface area contributed by atoms with Gasteiger partial charge in [-0.2, -0.15) is 0 Å². The zero-order valence-corrected chi connectivity index (χ0v) is 11.2. The van der Waals surface area contributed by atoms with E-state index < -0.39 is 0 Å². The van der Waals surface area contributed by atoms with Gasteiger partial charge >= 0.3 is 0 Å². The van der Waals surface area contributed by atoms with Crippen molar-refractivity contribution in [1.29, 1.82) is 0 Å². The summed E-state index contributed by atoms with van der Waals surface area (Å²) >= 11 is 0. The van der Waals surface area contributed by atoms with Crippen molar-refractivity contribution in [3.05, 3.63) is 29.6 Å². The number of rotatable bonds is 3. The van der Waals surface area contributed by atoms with E-state index in [4.69, 9.17) is 4.74 Å². The second-order valence-corrected chi connectivity index (χ2v) is 5.09. The van der Waals surface area contributed by atoms with Gasteiger partial charge in [-0.3, -0.25) is 0 Å². The van der Waals surface area contributed by atoms with Gasteiger partial charge in [-0.15, -0.1) is 0 Å². The number of halogens is 1. The van der Waals surface area contributed by atoms with Crippen molar-refractivity contribution in [3.63, 3.8) is 0 Å². The molecular formula is C15H22FNO. The number of nitrogens with one attached hydrogen (secondary N) is 1. The minimum absolute atomic E-state index is 0.129. The molecule has 2 rings (SSSR count). The lowest BCUT2D eigenvalue weighted by atomic mass is 9.90. The minimum Gasteiger partial charge on any atom is -0.497 e. The average molecular weight is 251 g/mol. The molecule has 1 aliphatic rings. The molecule has 0 bridgehead atoms. The first-order valence-electron chi connectivity index (χ1n) is 6.75. The molecule has 2 nitrogen and oxygen atoms in total. The molecule has 0 heterocycles. The highest BCUT2D eigenvalue weighted by molar-refractivity contribution is 5.31. The van der Waals surface area contributed by atoms with Crippen LogP contribution in [0.25, 0.3) is 0 Å². The lowest BCUT2D eigenvalue weighted by Crippen LogP contribution is -2.26. The van der Waals surface area contributed by atoms with Gasteiger partial charge in [0.2, 0.25) is 0 Å². The SMILES string of the molecule is CNC1CCCCC(c2ccc(OC)cc2F)C1. The van der Waals surface area contributed by atoms with E-state index in [0.717, 1.165) is 18.4 Å². The van der Waals surface area contributed by atoms with Crippen LogP contribution in [0.4, 0.5) is 4.39 Å². The Morgan fingerprint density at radius 1 is 1.28 bits per heavy atom. The first-order valence-corrected chi connectivity index (χ1v) is 6.75. The zero-order valence-electron chi connectivity index (χ0n) is 11.2. The highest BCUT2D eigenvalue weighted by Gasteiger charge is 2.22. The molecule has 0 saturated heterocycles. The van der Waals surface area contributed by atoms with Crippen LogP contribution in [-0.2, 0) is 0 Å². The smallest absolute Gasteiger partial charge is 0.130 e. The van der Waals surface area contributed by atoms with Crippen LogP contribution in [0.2, 0.25) is 0 Å². The largest absolute Gasteiger partial charge is 0.497 e. The Morgan fingerprint density at radius 2 is 2.06 bits per heavy atom. The number of benzene rings is 1. The van der Waals surface area contributed by atoms with Gasteiger partial charge in [-0.25, -0.2) is 4.39 Å². The van der Waals surface area contributed by atoms with Gasteiger partial charge in [0.05, 0.1) is 7.11 Å². The van der Waals surface area contributed by atoms with Crippen LogP contribution in [0.1, 0.15) is 43.6 Å². The lowest BCUT2D eigenvalue weighted by Gasteiger charge is -2.20. The van der Waals surface area contributed by atoms with Gasteiger partial charge in [0.15, 0.2) is 0 Å². The molecular weight excluding hydrogens is 229 g/mol. The third-order valence-electron chi connectivity index (χ3n) is 3.98. The van der Waals surface area contributed by atoms with Gasteiger partial charge in [0, 0.05) is 12.1 Å². The summed E-state index contributed by atoms with van der Waals surface area (Å²) in [5.74, 6) is 0.794. The maximum atomic E-state index is 14.1. The molecule has 100 valence electrons. The summed E-state index contributed by atoms with van der Waals surface area (Å²) in [6, 6.07) is 5.75. The van der Waals surface area contributed by atoms with Crippen molar-refractivity contribution in [1.82, 2.24) is 5.32 Å². The predicted molar refractivity (Wildman–Crippen MR) is 71.6 cm³/mol. The number of hydrogen-bond acceptors (Lipinski definition) is 2. The monoisotopic (exact) mass is 251 g/mol. The molecule has 1 aromatic carbocycles. The molecule has 18 heavy (non-hydrogen) atoms. The molecule has 2 atom stereocenters. The highest BCUT2D eigenvalue weighted by atomic mass is 19.1. The van der Waals surface area contributed by atoms with Crippen LogP contribution >= 0.6 is 0 Å². The Hall–Kier alpha value is -1.09. The third-order valence-corrected chi connectivity index (χ3v) is 3.98. The van der Waals surface area contributed by atoms with E-state index in [1.54, 1.807) is 7.11 Å². The summed E-state index contributed by atoms with van der Waals surface area (Å²) < 4.78 is 19.1. The number of methoxy groups -OCH3 is 1. The summed E-state index contributed by atoms with van der Waals surface area (Å²) in [5, 5.41) is 3.34. The normalized spacial score (nSPS) is 24.6. The molecule has 0 spiro atoms.